The number of benzene rings is 1. The molecule has 1 saturated heterocycles. The van der Waals surface area contributed by atoms with Crippen molar-refractivity contribution in [3.8, 4) is 0 Å². The molecule has 3 atom stereocenters. The smallest absolute Gasteiger partial charge is 0.255 e. The van der Waals surface area contributed by atoms with E-state index in [0.717, 1.165) is 35.8 Å². The molecule has 6 rings (SSSR count). The molecule has 34 heavy (non-hydrogen) atoms. The molecule has 3 saturated carbocycles. The highest BCUT2D eigenvalue weighted by molar-refractivity contribution is 6.05. The molecule has 2 aliphatic heterocycles. The zero-order chi connectivity index (χ0) is 23.2. The molecule has 0 bridgehead atoms. The minimum atomic E-state index is -0.538. The number of amides is 3. The highest BCUT2D eigenvalue weighted by Gasteiger charge is 2.40. The molecule has 1 unspecified atom stereocenters. The average molecular weight is 464 g/mol. The Morgan fingerprint density at radius 1 is 0.941 bits per heavy atom. The predicted octanol–water partition coefficient (Wildman–Crippen LogP) is 3.67. The summed E-state index contributed by atoms with van der Waals surface area (Å²) in [6.45, 7) is 3.13. The maximum absolute atomic E-state index is 13.0. The van der Waals surface area contributed by atoms with Crippen LogP contribution in [0.15, 0.2) is 18.2 Å². The first-order valence-corrected chi connectivity index (χ1v) is 13.6. The van der Waals surface area contributed by atoms with E-state index >= 15 is 0 Å². The number of piperidine rings is 1. The number of carbonyl (C=O) groups is 3. The van der Waals surface area contributed by atoms with Gasteiger partial charge in [0.25, 0.3) is 5.91 Å². The lowest BCUT2D eigenvalue weighted by molar-refractivity contribution is -0.136. The molecule has 1 aromatic carbocycles. The summed E-state index contributed by atoms with van der Waals surface area (Å²) in [5, 5.41) is 2.39. The normalized spacial score (nSPS) is 29.1. The fraction of sp³-hybridized carbons (Fsp3) is 0.679. The Bertz CT molecular complexity index is 969. The first-order chi connectivity index (χ1) is 16.5. The zero-order valence-electron chi connectivity index (χ0n) is 20.1. The first kappa shape index (κ1) is 22.3. The van der Waals surface area contributed by atoms with Gasteiger partial charge in [0.1, 0.15) is 6.04 Å². The number of fused-ring (bicyclic) bond motifs is 1. The van der Waals surface area contributed by atoms with Crippen molar-refractivity contribution in [3.05, 3.63) is 34.9 Å². The zero-order valence-corrected chi connectivity index (χ0v) is 20.1. The number of nitrogens with one attached hydrogen (secondary N) is 1. The third-order valence-corrected chi connectivity index (χ3v) is 8.86. The van der Waals surface area contributed by atoms with Gasteiger partial charge in [-0.15, -0.1) is 0 Å². The molecule has 0 aromatic heterocycles. The molecular formula is C28H37N3O3. The molecule has 6 nitrogen and oxygen atoms in total. The third-order valence-electron chi connectivity index (χ3n) is 8.86. The molecule has 3 aliphatic carbocycles. The van der Waals surface area contributed by atoms with Gasteiger partial charge < -0.3 is 4.90 Å². The van der Waals surface area contributed by atoms with Gasteiger partial charge in [-0.25, -0.2) is 0 Å². The largest absolute Gasteiger partial charge is 0.322 e. The van der Waals surface area contributed by atoms with Crippen molar-refractivity contribution in [2.75, 3.05) is 13.1 Å². The lowest BCUT2D eigenvalue weighted by Crippen LogP contribution is -2.52. The average Bonchev–Trinajstić information content (AvgIpc) is 3.74. The molecule has 0 radical (unpaired) electrons. The predicted molar refractivity (Wildman–Crippen MR) is 129 cm³/mol. The maximum atomic E-state index is 13.0. The lowest BCUT2D eigenvalue weighted by Gasteiger charge is -2.33. The van der Waals surface area contributed by atoms with E-state index in [4.69, 9.17) is 0 Å². The molecule has 6 heteroatoms. The van der Waals surface area contributed by atoms with Gasteiger partial charge in [-0.2, -0.15) is 0 Å². The van der Waals surface area contributed by atoms with Crippen LogP contribution in [0.2, 0.25) is 0 Å². The summed E-state index contributed by atoms with van der Waals surface area (Å²) in [5.41, 5.74) is 3.05. The van der Waals surface area contributed by atoms with Crippen LogP contribution >= 0.6 is 0 Å². The molecule has 182 valence electrons. The molecule has 1 N–H and O–H groups in total. The highest BCUT2D eigenvalue weighted by atomic mass is 16.2. The van der Waals surface area contributed by atoms with Gasteiger partial charge in [0, 0.05) is 37.7 Å². The second-order valence-electron chi connectivity index (χ2n) is 11.5. The number of hydrogen-bond acceptors (Lipinski definition) is 4. The summed E-state index contributed by atoms with van der Waals surface area (Å²) in [6, 6.07) is 6.48. The molecular weight excluding hydrogens is 426 g/mol. The van der Waals surface area contributed by atoms with Gasteiger partial charge in [0.15, 0.2) is 0 Å². The van der Waals surface area contributed by atoms with Crippen molar-refractivity contribution in [2.24, 2.45) is 17.8 Å². The summed E-state index contributed by atoms with van der Waals surface area (Å²) >= 11 is 0. The molecule has 5 aliphatic rings. The van der Waals surface area contributed by atoms with E-state index in [1.54, 1.807) is 4.90 Å². The number of nitrogens with zero attached hydrogens (tertiary/aromatic N) is 2. The van der Waals surface area contributed by atoms with E-state index in [1.165, 1.54) is 70.0 Å². The van der Waals surface area contributed by atoms with Gasteiger partial charge in [-0.05, 0) is 92.7 Å². The molecule has 1 aromatic rings. The molecule has 0 spiro atoms. The minimum Gasteiger partial charge on any atom is -0.322 e. The van der Waals surface area contributed by atoms with Crippen LogP contribution in [0.5, 0.6) is 0 Å². The van der Waals surface area contributed by atoms with Crippen molar-refractivity contribution in [2.45, 2.75) is 89.3 Å². The van der Waals surface area contributed by atoms with Crippen LogP contribution in [0.25, 0.3) is 0 Å². The SMILES string of the molecule is O=C1CCC(N2Cc3cc(CC[C@@H]4CCC[C@H]4N(CC4CC4)CC4CC4)ccc3C2=O)C(=O)N1. The van der Waals surface area contributed by atoms with E-state index < -0.39 is 6.04 Å². The molecule has 3 amide bonds. The molecule has 4 fully saturated rings. The number of imide groups is 1. The maximum Gasteiger partial charge on any atom is 0.255 e. The highest BCUT2D eigenvalue weighted by Crippen LogP contribution is 2.40. The van der Waals surface area contributed by atoms with Crippen LogP contribution in [0.4, 0.5) is 0 Å². The van der Waals surface area contributed by atoms with Crippen LogP contribution in [-0.4, -0.2) is 52.7 Å². The summed E-state index contributed by atoms with van der Waals surface area (Å²) in [7, 11) is 0. The van der Waals surface area contributed by atoms with E-state index in [0.29, 0.717) is 24.9 Å². The Labute approximate surface area is 202 Å². The Morgan fingerprint density at radius 2 is 1.71 bits per heavy atom. The number of aryl methyl sites for hydroxylation is 1. The van der Waals surface area contributed by atoms with Gasteiger partial charge in [-0.1, -0.05) is 18.6 Å². The van der Waals surface area contributed by atoms with E-state index in [9.17, 15) is 14.4 Å². The van der Waals surface area contributed by atoms with Gasteiger partial charge in [-0.3, -0.25) is 24.6 Å². The summed E-state index contributed by atoms with van der Waals surface area (Å²) in [6.07, 6.45) is 12.8. The van der Waals surface area contributed by atoms with Crippen molar-refractivity contribution in [1.82, 2.24) is 15.1 Å². The first-order valence-electron chi connectivity index (χ1n) is 13.6. The quantitative estimate of drug-likeness (QED) is 0.568. The van der Waals surface area contributed by atoms with E-state index in [1.807, 2.05) is 6.07 Å². The summed E-state index contributed by atoms with van der Waals surface area (Å²) in [4.78, 5) is 41.3. The molecule has 2 heterocycles. The monoisotopic (exact) mass is 463 g/mol. The third kappa shape index (κ3) is 4.66. The van der Waals surface area contributed by atoms with Crippen LogP contribution < -0.4 is 5.32 Å². The summed E-state index contributed by atoms with van der Waals surface area (Å²) in [5.74, 6) is 2.04. The van der Waals surface area contributed by atoms with Crippen LogP contribution in [0, 0.1) is 17.8 Å². The summed E-state index contributed by atoms with van der Waals surface area (Å²) < 4.78 is 0. The van der Waals surface area contributed by atoms with Gasteiger partial charge in [0.05, 0.1) is 0 Å². The minimum absolute atomic E-state index is 0.0808. The number of rotatable bonds is 9. The second kappa shape index (κ2) is 9.10. The fourth-order valence-corrected chi connectivity index (χ4v) is 6.58. The van der Waals surface area contributed by atoms with Crippen LogP contribution in [-0.2, 0) is 22.6 Å². The Hall–Kier alpha value is -2.21. The van der Waals surface area contributed by atoms with Crippen molar-refractivity contribution in [3.63, 3.8) is 0 Å². The van der Waals surface area contributed by atoms with E-state index in [2.05, 4.69) is 22.3 Å². The fourth-order valence-electron chi connectivity index (χ4n) is 6.58. The van der Waals surface area contributed by atoms with Crippen LogP contribution in [0.3, 0.4) is 0 Å². The van der Waals surface area contributed by atoms with Crippen LogP contribution in [0.1, 0.15) is 85.7 Å². The lowest BCUT2D eigenvalue weighted by atomic mass is 9.92. The van der Waals surface area contributed by atoms with Gasteiger partial charge in [0.2, 0.25) is 11.8 Å². The van der Waals surface area contributed by atoms with Crippen molar-refractivity contribution < 1.29 is 14.4 Å². The standard InChI is InChI=1S/C28H37N3O3/c32-26-13-12-25(27(33)29-26)31-17-22-14-18(9-11-23(22)28(31)34)8-10-21-2-1-3-24(21)30(15-19-4-5-19)16-20-6-7-20/h9,11,14,19-21,24-25H,1-8,10,12-13,15-17H2,(H,29,32,33)/t21-,24+,25?/m0/s1. The number of hydrogen-bond donors (Lipinski definition) is 1. The van der Waals surface area contributed by atoms with Gasteiger partial charge >= 0.3 is 0 Å². The van der Waals surface area contributed by atoms with E-state index in [-0.39, 0.29) is 17.7 Å². The topological polar surface area (TPSA) is 69.7 Å². The van der Waals surface area contributed by atoms with Crippen molar-refractivity contribution in [1.29, 1.82) is 0 Å². The number of carbonyl (C=O) groups excluding carboxylic acids is 3. The van der Waals surface area contributed by atoms with Crippen molar-refractivity contribution >= 4 is 17.7 Å². The Balaban J connectivity index is 1.09. The Morgan fingerprint density at radius 3 is 2.41 bits per heavy atom. The second-order valence-corrected chi connectivity index (χ2v) is 11.5. The Kier molecular flexibility index (Phi) is 5.96.